The van der Waals surface area contributed by atoms with E-state index in [2.05, 4.69) is 52.6 Å². The third-order valence-corrected chi connectivity index (χ3v) is 3.91. The van der Waals surface area contributed by atoms with E-state index >= 15 is 0 Å². The largest absolute Gasteiger partial charge is 0.331 e. The van der Waals surface area contributed by atoms with Gasteiger partial charge in [0, 0.05) is 30.4 Å². The topological polar surface area (TPSA) is 30.7 Å². The second kappa shape index (κ2) is 6.75. The lowest BCUT2D eigenvalue weighted by atomic mass is 10.0. The van der Waals surface area contributed by atoms with Crippen molar-refractivity contribution in [1.29, 1.82) is 0 Å². The van der Waals surface area contributed by atoms with Crippen molar-refractivity contribution < 1.29 is 0 Å². The molecule has 0 radical (unpaired) electrons. The van der Waals surface area contributed by atoms with Crippen LogP contribution in [-0.4, -0.2) is 14.5 Å². The van der Waals surface area contributed by atoms with E-state index in [4.69, 9.17) is 0 Å². The molecule has 3 aromatic rings. The van der Waals surface area contributed by atoms with Crippen molar-refractivity contribution in [3.63, 3.8) is 0 Å². The van der Waals surface area contributed by atoms with Crippen molar-refractivity contribution in [3.05, 3.63) is 71.6 Å². The number of nitrogens with zero attached hydrogens (tertiary/aromatic N) is 3. The van der Waals surface area contributed by atoms with E-state index in [0.29, 0.717) is 0 Å². The number of aromatic nitrogens is 3. The van der Waals surface area contributed by atoms with Gasteiger partial charge in [-0.25, -0.2) is 4.98 Å². The number of hydrogen-bond acceptors (Lipinski definition) is 2. The van der Waals surface area contributed by atoms with Crippen LogP contribution in [0, 0.1) is 20.8 Å². The van der Waals surface area contributed by atoms with Crippen molar-refractivity contribution in [2.24, 2.45) is 0 Å². The van der Waals surface area contributed by atoms with Crippen molar-refractivity contribution in [3.8, 4) is 11.1 Å². The van der Waals surface area contributed by atoms with Crippen molar-refractivity contribution in [2.75, 3.05) is 0 Å². The fourth-order valence-electron chi connectivity index (χ4n) is 2.42. The fourth-order valence-corrected chi connectivity index (χ4v) is 2.42. The molecule has 2 heterocycles. The molecule has 0 bridgehead atoms. The SMILES string of the molecule is Cc1ccc(-c2cncc(Cn3ccnc3C)c2)cc1C.Cl. The van der Waals surface area contributed by atoms with Gasteiger partial charge in [-0.1, -0.05) is 18.2 Å². The third-order valence-electron chi connectivity index (χ3n) is 3.91. The molecule has 22 heavy (non-hydrogen) atoms. The molecule has 0 atom stereocenters. The molecule has 0 amide bonds. The van der Waals surface area contributed by atoms with Crippen LogP contribution in [0.15, 0.2) is 49.1 Å². The monoisotopic (exact) mass is 313 g/mol. The normalized spacial score (nSPS) is 10.3. The van der Waals surface area contributed by atoms with Gasteiger partial charge in [0.05, 0.1) is 6.54 Å². The van der Waals surface area contributed by atoms with E-state index in [1.165, 1.54) is 22.3 Å². The first kappa shape index (κ1) is 16.2. The first-order chi connectivity index (χ1) is 10.1. The third kappa shape index (κ3) is 3.37. The maximum atomic E-state index is 4.39. The van der Waals surface area contributed by atoms with Crippen LogP contribution in [0.2, 0.25) is 0 Å². The highest BCUT2D eigenvalue weighted by atomic mass is 35.5. The molecule has 0 unspecified atom stereocenters. The number of hydrogen-bond donors (Lipinski definition) is 0. The maximum absolute atomic E-state index is 4.39. The Morgan fingerprint density at radius 3 is 2.45 bits per heavy atom. The summed E-state index contributed by atoms with van der Waals surface area (Å²) in [7, 11) is 0. The number of rotatable bonds is 3. The fraction of sp³-hybridized carbons (Fsp3) is 0.222. The molecular formula is C18H20ClN3. The van der Waals surface area contributed by atoms with Gasteiger partial charge in [0.2, 0.25) is 0 Å². The summed E-state index contributed by atoms with van der Waals surface area (Å²) in [5.41, 5.74) is 6.19. The van der Waals surface area contributed by atoms with Crippen LogP contribution >= 0.6 is 12.4 Å². The zero-order chi connectivity index (χ0) is 14.8. The molecule has 3 rings (SSSR count). The number of aryl methyl sites for hydroxylation is 3. The highest BCUT2D eigenvalue weighted by Crippen LogP contribution is 2.22. The lowest BCUT2D eigenvalue weighted by Crippen LogP contribution is -2.01. The van der Waals surface area contributed by atoms with Crippen LogP contribution in [0.4, 0.5) is 0 Å². The summed E-state index contributed by atoms with van der Waals surface area (Å²) in [4.78, 5) is 8.65. The molecule has 2 aromatic heterocycles. The zero-order valence-electron chi connectivity index (χ0n) is 13.1. The molecule has 0 aliphatic carbocycles. The second-order valence-electron chi connectivity index (χ2n) is 5.48. The zero-order valence-corrected chi connectivity index (χ0v) is 13.9. The summed E-state index contributed by atoms with van der Waals surface area (Å²) in [6, 6.07) is 8.75. The van der Waals surface area contributed by atoms with Gasteiger partial charge in [0.15, 0.2) is 0 Å². The van der Waals surface area contributed by atoms with Gasteiger partial charge in [-0.15, -0.1) is 12.4 Å². The minimum absolute atomic E-state index is 0. The Bertz CT molecular complexity index is 778. The van der Waals surface area contributed by atoms with Crippen LogP contribution in [0.5, 0.6) is 0 Å². The molecule has 0 aliphatic rings. The summed E-state index contributed by atoms with van der Waals surface area (Å²) >= 11 is 0. The Morgan fingerprint density at radius 2 is 1.77 bits per heavy atom. The Labute approximate surface area is 137 Å². The molecule has 0 spiro atoms. The van der Waals surface area contributed by atoms with Crippen molar-refractivity contribution >= 4 is 12.4 Å². The first-order valence-corrected chi connectivity index (χ1v) is 7.13. The molecule has 0 aliphatic heterocycles. The Morgan fingerprint density at radius 1 is 0.955 bits per heavy atom. The second-order valence-corrected chi connectivity index (χ2v) is 5.48. The van der Waals surface area contributed by atoms with E-state index in [1.807, 2.05) is 31.7 Å². The number of halogens is 1. The maximum Gasteiger partial charge on any atom is 0.105 e. The Balaban J connectivity index is 0.00000176. The first-order valence-electron chi connectivity index (χ1n) is 7.13. The summed E-state index contributed by atoms with van der Waals surface area (Å²) < 4.78 is 2.13. The molecule has 0 saturated heterocycles. The number of pyridine rings is 1. The standard InChI is InChI=1S/C18H19N3.ClH/c1-13-4-5-17(8-14(13)2)18-9-16(10-19-11-18)12-21-7-6-20-15(21)3;/h4-11H,12H2,1-3H3;1H. The minimum atomic E-state index is 0. The lowest BCUT2D eigenvalue weighted by molar-refractivity contribution is 0.759. The van der Waals surface area contributed by atoms with Gasteiger partial charge in [0.1, 0.15) is 5.82 Å². The van der Waals surface area contributed by atoms with Gasteiger partial charge < -0.3 is 4.57 Å². The van der Waals surface area contributed by atoms with Crippen LogP contribution in [0.25, 0.3) is 11.1 Å². The molecule has 3 nitrogen and oxygen atoms in total. The van der Waals surface area contributed by atoms with E-state index in [9.17, 15) is 0 Å². The van der Waals surface area contributed by atoms with Gasteiger partial charge in [-0.05, 0) is 49.1 Å². The lowest BCUT2D eigenvalue weighted by Gasteiger charge is -2.09. The Kier molecular flexibility index (Phi) is 4.99. The summed E-state index contributed by atoms with van der Waals surface area (Å²) in [6.45, 7) is 7.10. The molecule has 0 fully saturated rings. The highest BCUT2D eigenvalue weighted by molar-refractivity contribution is 5.85. The molecule has 114 valence electrons. The van der Waals surface area contributed by atoms with Crippen molar-refractivity contribution in [2.45, 2.75) is 27.3 Å². The number of imidazole rings is 1. The van der Waals surface area contributed by atoms with E-state index < -0.39 is 0 Å². The summed E-state index contributed by atoms with van der Waals surface area (Å²) in [6.07, 6.45) is 7.67. The van der Waals surface area contributed by atoms with Gasteiger partial charge in [0.25, 0.3) is 0 Å². The molecule has 0 N–H and O–H groups in total. The number of benzene rings is 1. The molecular weight excluding hydrogens is 294 g/mol. The average Bonchev–Trinajstić information content (AvgIpc) is 2.88. The predicted octanol–water partition coefficient (Wildman–Crippen LogP) is 4.34. The summed E-state index contributed by atoms with van der Waals surface area (Å²) in [5, 5.41) is 0. The minimum Gasteiger partial charge on any atom is -0.331 e. The Hall–Kier alpha value is -2.13. The molecule has 1 aromatic carbocycles. The van der Waals surface area contributed by atoms with Gasteiger partial charge in [-0.3, -0.25) is 4.98 Å². The molecule has 0 saturated carbocycles. The van der Waals surface area contributed by atoms with E-state index in [-0.39, 0.29) is 12.4 Å². The van der Waals surface area contributed by atoms with E-state index in [0.717, 1.165) is 17.9 Å². The van der Waals surface area contributed by atoms with E-state index in [1.54, 1.807) is 0 Å². The smallest absolute Gasteiger partial charge is 0.105 e. The van der Waals surface area contributed by atoms with Gasteiger partial charge >= 0.3 is 0 Å². The molecule has 4 heteroatoms. The van der Waals surface area contributed by atoms with Crippen LogP contribution < -0.4 is 0 Å². The van der Waals surface area contributed by atoms with Gasteiger partial charge in [-0.2, -0.15) is 0 Å². The highest BCUT2D eigenvalue weighted by Gasteiger charge is 2.04. The quantitative estimate of drug-likeness (QED) is 0.720. The van der Waals surface area contributed by atoms with Crippen LogP contribution in [0.1, 0.15) is 22.5 Å². The van der Waals surface area contributed by atoms with Crippen molar-refractivity contribution in [1.82, 2.24) is 14.5 Å². The predicted molar refractivity (Wildman–Crippen MR) is 92.5 cm³/mol. The average molecular weight is 314 g/mol. The summed E-state index contributed by atoms with van der Waals surface area (Å²) in [5.74, 6) is 1.02. The van der Waals surface area contributed by atoms with Crippen LogP contribution in [-0.2, 0) is 6.54 Å². The van der Waals surface area contributed by atoms with Crippen LogP contribution in [0.3, 0.4) is 0 Å².